The second-order valence-electron chi connectivity index (χ2n) is 6.81. The molecule has 2 heterocycles. The standard InChI is InChI=1S/C19H21FN4O/c20-15-3-1-13(2-4-15)17-11-18(22-12-21-17)24-9-7-14(8-10-24)19(25)23-16-5-6-16/h1-4,11-12,14,16H,5-10H2,(H,23,25). The number of aromatic nitrogens is 2. The Hall–Kier alpha value is -2.50. The first-order valence-electron chi connectivity index (χ1n) is 8.82. The van der Waals surface area contributed by atoms with Crippen molar-refractivity contribution >= 4 is 11.7 Å². The number of carbonyl (C=O) groups is 1. The third-order valence-corrected chi connectivity index (χ3v) is 4.91. The number of benzene rings is 1. The predicted octanol–water partition coefficient (Wildman–Crippen LogP) is 2.78. The zero-order valence-corrected chi connectivity index (χ0v) is 14.0. The molecular formula is C19H21FN4O. The maximum absolute atomic E-state index is 13.1. The Morgan fingerprint density at radius 3 is 2.48 bits per heavy atom. The van der Waals surface area contributed by atoms with Crippen LogP contribution in [0.25, 0.3) is 11.3 Å². The molecule has 130 valence electrons. The van der Waals surface area contributed by atoms with E-state index >= 15 is 0 Å². The average Bonchev–Trinajstić information content (AvgIpc) is 3.46. The van der Waals surface area contributed by atoms with Crippen LogP contribution in [-0.4, -0.2) is 35.0 Å². The van der Waals surface area contributed by atoms with E-state index in [1.165, 1.54) is 12.1 Å². The van der Waals surface area contributed by atoms with Gasteiger partial charge in [0.15, 0.2) is 0 Å². The number of nitrogens with one attached hydrogen (secondary N) is 1. The lowest BCUT2D eigenvalue weighted by atomic mass is 9.96. The molecule has 2 aromatic rings. The Labute approximate surface area is 146 Å². The van der Waals surface area contributed by atoms with Crippen molar-refractivity contribution in [1.29, 1.82) is 0 Å². The minimum Gasteiger partial charge on any atom is -0.356 e. The highest BCUT2D eigenvalue weighted by Gasteiger charge is 2.30. The van der Waals surface area contributed by atoms with Crippen molar-refractivity contribution in [3.05, 3.63) is 42.5 Å². The summed E-state index contributed by atoms with van der Waals surface area (Å²) in [4.78, 5) is 23.0. The lowest BCUT2D eigenvalue weighted by molar-refractivity contribution is -0.125. The number of piperidine rings is 1. The first kappa shape index (κ1) is 16.0. The minimum atomic E-state index is -0.260. The van der Waals surface area contributed by atoms with Gasteiger partial charge in [-0.05, 0) is 49.9 Å². The molecule has 0 radical (unpaired) electrons. The van der Waals surface area contributed by atoms with E-state index in [1.54, 1.807) is 18.5 Å². The van der Waals surface area contributed by atoms with Gasteiger partial charge >= 0.3 is 0 Å². The second kappa shape index (κ2) is 6.78. The van der Waals surface area contributed by atoms with E-state index in [-0.39, 0.29) is 17.6 Å². The van der Waals surface area contributed by atoms with Crippen LogP contribution in [0.5, 0.6) is 0 Å². The van der Waals surface area contributed by atoms with Gasteiger partial charge < -0.3 is 10.2 Å². The van der Waals surface area contributed by atoms with Gasteiger partial charge in [-0.15, -0.1) is 0 Å². The third-order valence-electron chi connectivity index (χ3n) is 4.91. The highest BCUT2D eigenvalue weighted by molar-refractivity contribution is 5.79. The summed E-state index contributed by atoms with van der Waals surface area (Å²) in [5.41, 5.74) is 1.64. The van der Waals surface area contributed by atoms with Crippen molar-refractivity contribution in [3.63, 3.8) is 0 Å². The molecule has 2 fully saturated rings. The molecule has 25 heavy (non-hydrogen) atoms. The summed E-state index contributed by atoms with van der Waals surface area (Å²) in [7, 11) is 0. The van der Waals surface area contributed by atoms with Crippen LogP contribution in [0.4, 0.5) is 10.2 Å². The molecule has 0 spiro atoms. The molecule has 1 saturated heterocycles. The highest BCUT2D eigenvalue weighted by Crippen LogP contribution is 2.26. The van der Waals surface area contributed by atoms with Gasteiger partial charge in [0.2, 0.25) is 5.91 Å². The van der Waals surface area contributed by atoms with Gasteiger partial charge in [0.25, 0.3) is 0 Å². The topological polar surface area (TPSA) is 58.1 Å². The largest absolute Gasteiger partial charge is 0.356 e. The summed E-state index contributed by atoms with van der Waals surface area (Å²) < 4.78 is 13.1. The normalized spacial score (nSPS) is 18.2. The summed E-state index contributed by atoms with van der Waals surface area (Å²) in [6.45, 7) is 1.62. The van der Waals surface area contributed by atoms with Crippen LogP contribution < -0.4 is 10.2 Å². The van der Waals surface area contributed by atoms with E-state index in [1.807, 2.05) is 6.07 Å². The number of halogens is 1. The van der Waals surface area contributed by atoms with E-state index in [2.05, 4.69) is 20.2 Å². The molecule has 0 atom stereocenters. The maximum atomic E-state index is 13.1. The molecule has 1 amide bonds. The fraction of sp³-hybridized carbons (Fsp3) is 0.421. The molecular weight excluding hydrogens is 319 g/mol. The Kier molecular flexibility index (Phi) is 4.34. The molecule has 1 aliphatic carbocycles. The lowest BCUT2D eigenvalue weighted by Crippen LogP contribution is -2.41. The molecule has 1 saturated carbocycles. The number of rotatable bonds is 4. The quantitative estimate of drug-likeness (QED) is 0.930. The molecule has 4 rings (SSSR count). The van der Waals surface area contributed by atoms with E-state index in [9.17, 15) is 9.18 Å². The SMILES string of the molecule is O=C(NC1CC1)C1CCN(c2cc(-c3ccc(F)cc3)ncn2)CC1. The van der Waals surface area contributed by atoms with Gasteiger partial charge in [0, 0.05) is 36.7 Å². The summed E-state index contributed by atoms with van der Waals surface area (Å²) in [6.07, 6.45) is 5.47. The van der Waals surface area contributed by atoms with Gasteiger partial charge in [-0.25, -0.2) is 14.4 Å². The van der Waals surface area contributed by atoms with Crippen molar-refractivity contribution in [2.24, 2.45) is 5.92 Å². The molecule has 0 unspecified atom stereocenters. The van der Waals surface area contributed by atoms with Crippen LogP contribution >= 0.6 is 0 Å². The van der Waals surface area contributed by atoms with Gasteiger partial charge in [-0.3, -0.25) is 4.79 Å². The van der Waals surface area contributed by atoms with Crippen LogP contribution in [0.2, 0.25) is 0 Å². The van der Waals surface area contributed by atoms with Crippen LogP contribution in [0.15, 0.2) is 36.7 Å². The van der Waals surface area contributed by atoms with Crippen LogP contribution in [0.3, 0.4) is 0 Å². The molecule has 0 bridgehead atoms. The molecule has 1 aliphatic heterocycles. The minimum absolute atomic E-state index is 0.107. The molecule has 1 aromatic heterocycles. The Bertz CT molecular complexity index is 752. The zero-order valence-electron chi connectivity index (χ0n) is 14.0. The Morgan fingerprint density at radius 1 is 1.08 bits per heavy atom. The molecule has 2 aliphatic rings. The van der Waals surface area contributed by atoms with E-state index in [4.69, 9.17) is 0 Å². The molecule has 1 aromatic carbocycles. The van der Waals surface area contributed by atoms with Crippen molar-refractivity contribution in [2.75, 3.05) is 18.0 Å². The van der Waals surface area contributed by atoms with E-state index in [0.717, 1.165) is 55.8 Å². The van der Waals surface area contributed by atoms with Gasteiger partial charge in [0.1, 0.15) is 18.0 Å². The summed E-state index contributed by atoms with van der Waals surface area (Å²) >= 11 is 0. The first-order valence-corrected chi connectivity index (χ1v) is 8.82. The predicted molar refractivity (Wildman–Crippen MR) is 93.5 cm³/mol. The Balaban J connectivity index is 1.41. The van der Waals surface area contributed by atoms with E-state index < -0.39 is 0 Å². The molecule has 1 N–H and O–H groups in total. The summed E-state index contributed by atoms with van der Waals surface area (Å²) in [5, 5.41) is 3.10. The second-order valence-corrected chi connectivity index (χ2v) is 6.81. The molecule has 6 heteroatoms. The van der Waals surface area contributed by atoms with Crippen molar-refractivity contribution in [2.45, 2.75) is 31.7 Å². The van der Waals surface area contributed by atoms with Gasteiger partial charge in [0.05, 0.1) is 5.69 Å². The van der Waals surface area contributed by atoms with Crippen LogP contribution in [0.1, 0.15) is 25.7 Å². The summed E-state index contributed by atoms with van der Waals surface area (Å²) in [5.74, 6) is 0.909. The fourth-order valence-corrected chi connectivity index (χ4v) is 3.22. The number of hydrogen-bond acceptors (Lipinski definition) is 4. The zero-order chi connectivity index (χ0) is 17.2. The third kappa shape index (κ3) is 3.78. The maximum Gasteiger partial charge on any atom is 0.223 e. The summed E-state index contributed by atoms with van der Waals surface area (Å²) in [6, 6.07) is 8.65. The monoisotopic (exact) mass is 340 g/mol. The van der Waals surface area contributed by atoms with Crippen LogP contribution in [-0.2, 0) is 4.79 Å². The number of carbonyl (C=O) groups excluding carboxylic acids is 1. The number of hydrogen-bond donors (Lipinski definition) is 1. The molecule has 5 nitrogen and oxygen atoms in total. The van der Waals surface area contributed by atoms with Crippen LogP contribution in [0, 0.1) is 11.7 Å². The smallest absolute Gasteiger partial charge is 0.223 e. The number of nitrogens with zero attached hydrogens (tertiary/aromatic N) is 3. The number of amides is 1. The average molecular weight is 340 g/mol. The van der Waals surface area contributed by atoms with Crippen molar-refractivity contribution < 1.29 is 9.18 Å². The number of anilines is 1. The Morgan fingerprint density at radius 2 is 1.80 bits per heavy atom. The van der Waals surface area contributed by atoms with Gasteiger partial charge in [-0.2, -0.15) is 0 Å². The van der Waals surface area contributed by atoms with Crippen molar-refractivity contribution in [3.8, 4) is 11.3 Å². The van der Waals surface area contributed by atoms with Crippen molar-refractivity contribution in [1.82, 2.24) is 15.3 Å². The highest BCUT2D eigenvalue weighted by atomic mass is 19.1. The van der Waals surface area contributed by atoms with Gasteiger partial charge in [-0.1, -0.05) is 0 Å². The van der Waals surface area contributed by atoms with E-state index in [0.29, 0.717) is 6.04 Å². The first-order chi connectivity index (χ1) is 12.2. The lowest BCUT2D eigenvalue weighted by Gasteiger charge is -2.32. The fourth-order valence-electron chi connectivity index (χ4n) is 3.22.